The van der Waals surface area contributed by atoms with Gasteiger partial charge in [0.05, 0.1) is 0 Å². The maximum absolute atomic E-state index is 12.3. The van der Waals surface area contributed by atoms with Crippen LogP contribution in [-0.2, 0) is 0 Å². The normalized spacial score (nSPS) is 9.92. The van der Waals surface area contributed by atoms with E-state index in [4.69, 9.17) is 0 Å². The zero-order valence-corrected chi connectivity index (χ0v) is 75.6. The van der Waals surface area contributed by atoms with E-state index in [1.165, 1.54) is 63.1 Å². The molecular formula is C107H146N10O10. The Balaban J connectivity index is -0.000000693. The van der Waals surface area contributed by atoms with Crippen LogP contribution in [0.2, 0.25) is 0 Å². The number of pyridine rings is 5. The van der Waals surface area contributed by atoms with Gasteiger partial charge in [-0.05, 0) is 109 Å². The van der Waals surface area contributed by atoms with Gasteiger partial charge in [-0.2, -0.15) is 0 Å². The molecule has 15 rings (SSSR count). The Hall–Kier alpha value is -13.9. The molecule has 10 N–H and O–H groups in total. The van der Waals surface area contributed by atoms with Crippen LogP contribution in [0.5, 0.6) is 0 Å². The fourth-order valence-corrected chi connectivity index (χ4v) is 10.3. The van der Waals surface area contributed by atoms with E-state index >= 15 is 0 Å². The van der Waals surface area contributed by atoms with E-state index in [9.17, 15) is 47.9 Å². The zero-order chi connectivity index (χ0) is 91.9. The molecule has 0 saturated heterocycles. The first-order chi connectivity index (χ1) is 59.8. The lowest BCUT2D eigenvalue weighted by Crippen LogP contribution is -2.28. The number of anilines is 3. The first kappa shape index (κ1) is 119. The predicted molar refractivity (Wildman–Crippen MR) is 548 cm³/mol. The van der Waals surface area contributed by atoms with E-state index in [0.717, 1.165) is 22.4 Å². The molecule has 0 saturated carbocycles. The molecule has 20 nitrogen and oxygen atoms in total. The molecule has 0 aliphatic heterocycles. The van der Waals surface area contributed by atoms with Crippen molar-refractivity contribution in [1.29, 1.82) is 0 Å². The van der Waals surface area contributed by atoms with Gasteiger partial charge in [0.1, 0.15) is 27.8 Å². The SMILES string of the molecule is C.C.C.C.CC.CC.CC.CC.CC.CCC.CCC.CCC.CCC.CCC.O=C(NC1=CC=CC1)c1c[nH]c2ccccc2c1=O.O=C(NC1=CC=CC1)c1c[nH]c2ccccc2c1=O.O=C(Nc1ccccc1)c1c[nH]c2ccccc2c1=O.O=C(Nc1ccccc1)c1c[nH]c2ccccc2c1=O.O=C(Nc1ccccc1)c1c[nH]c2ccccc2c1=O. The second-order valence-corrected chi connectivity index (χ2v) is 25.4. The monoisotopic (exact) mass is 1730 g/mol. The van der Waals surface area contributed by atoms with Crippen LogP contribution in [0.1, 0.15) is 265 Å². The minimum Gasteiger partial charge on any atom is -0.360 e. The van der Waals surface area contributed by atoms with Gasteiger partial charge in [0.25, 0.3) is 29.5 Å². The third kappa shape index (κ3) is 40.1. The van der Waals surface area contributed by atoms with E-state index < -0.39 is 17.7 Å². The number of carbonyl (C=O) groups is 5. The lowest BCUT2D eigenvalue weighted by molar-refractivity contribution is 0.0955. The number of fused-ring (bicyclic) bond motifs is 5. The van der Waals surface area contributed by atoms with Crippen molar-refractivity contribution in [2.24, 2.45) is 0 Å². The number of hydrogen-bond donors (Lipinski definition) is 10. The van der Waals surface area contributed by atoms with Crippen LogP contribution in [-0.4, -0.2) is 54.5 Å². The van der Waals surface area contributed by atoms with Gasteiger partial charge in [-0.1, -0.05) is 340 Å². The fraction of sp³-hybridized carbons (Fsp3) is 0.290. The summed E-state index contributed by atoms with van der Waals surface area (Å²) < 4.78 is 0. The Labute approximate surface area is 755 Å². The number of nitrogens with one attached hydrogen (secondary N) is 10. The second kappa shape index (κ2) is 71.5. The Morgan fingerprint density at radius 2 is 0.402 bits per heavy atom. The van der Waals surface area contributed by atoms with Crippen LogP contribution in [0, 0.1) is 0 Å². The first-order valence-electron chi connectivity index (χ1n) is 42.8. The summed E-state index contributed by atoms with van der Waals surface area (Å²) in [6.07, 6.45) is 26.2. The quantitative estimate of drug-likeness (QED) is 0.0617. The van der Waals surface area contributed by atoms with Crippen molar-refractivity contribution in [3.63, 3.8) is 0 Å². The van der Waals surface area contributed by atoms with Gasteiger partial charge in [-0.25, -0.2) is 0 Å². The average molecular weight is 1730 g/mol. The fourth-order valence-electron chi connectivity index (χ4n) is 10.3. The summed E-state index contributed by atoms with van der Waals surface area (Å²) in [7, 11) is 0. The van der Waals surface area contributed by atoms with Crippen LogP contribution in [0.25, 0.3) is 54.5 Å². The van der Waals surface area contributed by atoms with Crippen LogP contribution in [0.4, 0.5) is 17.1 Å². The summed E-state index contributed by atoms with van der Waals surface area (Å²) in [6.45, 7) is 41.2. The number of aromatic amines is 5. The topological polar surface area (TPSA) is 310 Å². The summed E-state index contributed by atoms with van der Waals surface area (Å²) in [5, 5.41) is 16.2. The molecule has 5 aromatic heterocycles. The lowest BCUT2D eigenvalue weighted by atomic mass is 10.1. The molecule has 0 spiro atoms. The van der Waals surface area contributed by atoms with E-state index in [-0.39, 0.29) is 96.5 Å². The molecule has 684 valence electrons. The molecule has 5 amide bonds. The van der Waals surface area contributed by atoms with Gasteiger partial charge in [-0.3, -0.25) is 47.9 Å². The van der Waals surface area contributed by atoms with Gasteiger partial charge in [0.15, 0.2) is 0 Å². The number of para-hydroxylation sites is 8. The smallest absolute Gasteiger partial charge is 0.261 e. The minimum atomic E-state index is -0.414. The number of H-pyrrole nitrogens is 5. The standard InChI is InChI=1S/3C16H12N2O2.2C15H12N2O2.5C3H8.5C2H6.4CH4/c3*19-15-12-8-4-5-9-14(12)17-10-13(15)16(20)18-11-6-2-1-3-7-11;2*18-14-11-7-3-4-8-13(11)16-9-12(14)15(19)17-10-5-1-2-6-10;5*1-3-2;5*1-2;;;;/h3*1-10H,(H,17,19)(H,18,20);2*1-5,7-9H,6H2,(H,16,18)(H,17,19);5*3H2,1-2H3;5*1-2H3;4*1H4. The first-order valence-corrected chi connectivity index (χ1v) is 42.8. The molecule has 2 aliphatic carbocycles. The Morgan fingerprint density at radius 3 is 0.567 bits per heavy atom. The molecule has 20 heteroatoms. The van der Waals surface area contributed by atoms with E-state index in [1.807, 2.05) is 203 Å². The van der Waals surface area contributed by atoms with Crippen LogP contribution < -0.4 is 53.7 Å². The molecule has 5 heterocycles. The maximum Gasteiger partial charge on any atom is 0.261 e. The highest BCUT2D eigenvalue weighted by Gasteiger charge is 2.19. The molecule has 13 aromatic rings. The summed E-state index contributed by atoms with van der Waals surface area (Å²) in [5.41, 5.74) is 6.44. The van der Waals surface area contributed by atoms with Gasteiger partial charge >= 0.3 is 0 Å². The zero-order valence-electron chi connectivity index (χ0n) is 75.6. The molecule has 2 aliphatic rings. The molecule has 127 heavy (non-hydrogen) atoms. The molecule has 0 atom stereocenters. The van der Waals surface area contributed by atoms with Gasteiger partial charge < -0.3 is 51.5 Å². The van der Waals surface area contributed by atoms with Crippen LogP contribution in [0.15, 0.2) is 315 Å². The highest BCUT2D eigenvalue weighted by molar-refractivity contribution is 6.08. The van der Waals surface area contributed by atoms with Crippen molar-refractivity contribution in [3.8, 4) is 0 Å². The maximum atomic E-state index is 12.3. The average Bonchev–Trinajstić information content (AvgIpc) is 1.56. The van der Waals surface area contributed by atoms with Crippen molar-refractivity contribution in [2.45, 2.75) is 213 Å². The number of rotatable bonds is 10. The molecule has 0 radical (unpaired) electrons. The highest BCUT2D eigenvalue weighted by Crippen LogP contribution is 2.17. The lowest BCUT2D eigenvalue weighted by Gasteiger charge is -2.06. The van der Waals surface area contributed by atoms with E-state index in [2.05, 4.69) is 121 Å². The number of amides is 5. The number of carbonyl (C=O) groups excluding carboxylic acids is 5. The molecule has 0 bridgehead atoms. The number of allylic oxidation sites excluding steroid dienone is 6. The van der Waals surface area contributed by atoms with Crippen LogP contribution in [0.3, 0.4) is 0 Å². The number of benzene rings is 8. The van der Waals surface area contributed by atoms with E-state index in [0.29, 0.717) is 73.4 Å². The Kier molecular flexibility index (Phi) is 67.3. The molecule has 0 fully saturated rings. The second-order valence-electron chi connectivity index (χ2n) is 25.4. The van der Waals surface area contributed by atoms with Gasteiger partial charge in [0, 0.05) is 127 Å². The van der Waals surface area contributed by atoms with Gasteiger partial charge in [0.2, 0.25) is 27.1 Å². The van der Waals surface area contributed by atoms with Gasteiger partial charge in [-0.15, -0.1) is 0 Å². The molecule has 8 aromatic carbocycles. The summed E-state index contributed by atoms with van der Waals surface area (Å²) in [6, 6.07) is 62.7. The third-order valence-corrected chi connectivity index (χ3v) is 15.4. The minimum absolute atomic E-state index is 0. The third-order valence-electron chi connectivity index (χ3n) is 15.4. The van der Waals surface area contributed by atoms with Crippen molar-refractivity contribution < 1.29 is 24.0 Å². The summed E-state index contributed by atoms with van der Waals surface area (Å²) >= 11 is 0. The Bertz CT molecular complexity index is 5240. The van der Waals surface area contributed by atoms with Crippen molar-refractivity contribution in [3.05, 3.63) is 370 Å². The predicted octanol–water partition coefficient (Wildman–Crippen LogP) is 27.3. The van der Waals surface area contributed by atoms with Crippen molar-refractivity contribution in [1.82, 2.24) is 35.6 Å². The highest BCUT2D eigenvalue weighted by atomic mass is 16.2. The molecular weight excluding hydrogens is 1590 g/mol. The molecule has 0 unspecified atom stereocenters. The van der Waals surface area contributed by atoms with E-state index in [1.54, 1.807) is 115 Å². The van der Waals surface area contributed by atoms with Crippen LogP contribution >= 0.6 is 0 Å². The summed E-state index contributed by atoms with van der Waals surface area (Å²) in [5.74, 6) is -1.99. The number of hydrogen-bond acceptors (Lipinski definition) is 10. The Morgan fingerprint density at radius 1 is 0.244 bits per heavy atom. The summed E-state index contributed by atoms with van der Waals surface area (Å²) in [4.78, 5) is 137. The van der Waals surface area contributed by atoms with Crippen molar-refractivity contribution in [2.75, 3.05) is 16.0 Å². The number of aromatic nitrogens is 5. The van der Waals surface area contributed by atoms with Crippen molar-refractivity contribution >= 4 is 101 Å². The largest absolute Gasteiger partial charge is 0.360 e.